The fourth-order valence-electron chi connectivity index (χ4n) is 3.63. The Kier molecular flexibility index (Phi) is 8.62. The van der Waals surface area contributed by atoms with Gasteiger partial charge in [-0.2, -0.15) is 0 Å². The zero-order chi connectivity index (χ0) is 23.8. The quantitative estimate of drug-likeness (QED) is 0.472. The Morgan fingerprint density at radius 3 is 2.52 bits per heavy atom. The second-order valence-corrected chi connectivity index (χ2v) is 8.16. The molecule has 0 saturated carbocycles. The summed E-state index contributed by atoms with van der Waals surface area (Å²) < 4.78 is 10.4. The van der Waals surface area contributed by atoms with Crippen molar-refractivity contribution in [3.8, 4) is 5.75 Å². The lowest BCUT2D eigenvalue weighted by Crippen LogP contribution is -2.46. The SMILES string of the molecule is CCN1CCN(c2ccc(C(=O)OC)cc2NC(=S)NC(=O)COc2cccc(C)c2)CC1. The van der Waals surface area contributed by atoms with Crippen LogP contribution < -0.4 is 20.3 Å². The number of hydrogen-bond donors (Lipinski definition) is 2. The molecular formula is C24H30N4O4S. The number of nitrogens with one attached hydrogen (secondary N) is 2. The van der Waals surface area contributed by atoms with Gasteiger partial charge in [-0.1, -0.05) is 19.1 Å². The fraction of sp³-hybridized carbons (Fsp3) is 0.375. The fourth-order valence-corrected chi connectivity index (χ4v) is 3.86. The van der Waals surface area contributed by atoms with Gasteiger partial charge in [0.05, 0.1) is 24.0 Å². The van der Waals surface area contributed by atoms with Gasteiger partial charge in [-0.3, -0.25) is 10.1 Å². The maximum Gasteiger partial charge on any atom is 0.337 e. The number of nitrogens with zero attached hydrogens (tertiary/aromatic N) is 2. The van der Waals surface area contributed by atoms with Crippen LogP contribution >= 0.6 is 12.2 Å². The molecule has 0 bridgehead atoms. The van der Waals surface area contributed by atoms with Crippen molar-refractivity contribution in [3.63, 3.8) is 0 Å². The van der Waals surface area contributed by atoms with Gasteiger partial charge in [0.25, 0.3) is 5.91 Å². The summed E-state index contributed by atoms with van der Waals surface area (Å²) in [6.07, 6.45) is 0. The van der Waals surface area contributed by atoms with Crippen molar-refractivity contribution >= 4 is 40.6 Å². The van der Waals surface area contributed by atoms with E-state index in [1.807, 2.05) is 31.2 Å². The van der Waals surface area contributed by atoms with Gasteiger partial charge >= 0.3 is 5.97 Å². The first kappa shape index (κ1) is 24.5. The van der Waals surface area contributed by atoms with Crippen molar-refractivity contribution < 1.29 is 19.1 Å². The van der Waals surface area contributed by atoms with E-state index in [1.165, 1.54) is 7.11 Å². The number of anilines is 2. The molecule has 8 nitrogen and oxygen atoms in total. The maximum absolute atomic E-state index is 12.3. The molecule has 176 valence electrons. The Labute approximate surface area is 199 Å². The Balaban J connectivity index is 1.67. The molecule has 0 aromatic heterocycles. The highest BCUT2D eigenvalue weighted by Gasteiger charge is 2.20. The van der Waals surface area contributed by atoms with Gasteiger partial charge in [-0.05, 0) is 61.6 Å². The smallest absolute Gasteiger partial charge is 0.337 e. The Bertz CT molecular complexity index is 1010. The molecule has 0 aliphatic carbocycles. The minimum atomic E-state index is -0.443. The second kappa shape index (κ2) is 11.6. The highest BCUT2D eigenvalue weighted by atomic mass is 32.1. The second-order valence-electron chi connectivity index (χ2n) is 7.75. The van der Waals surface area contributed by atoms with Crippen LogP contribution in [0.3, 0.4) is 0 Å². The van der Waals surface area contributed by atoms with Gasteiger partial charge in [-0.25, -0.2) is 4.79 Å². The number of piperazine rings is 1. The number of rotatable bonds is 7. The molecule has 3 rings (SSSR count). The molecule has 2 N–H and O–H groups in total. The summed E-state index contributed by atoms with van der Waals surface area (Å²) in [4.78, 5) is 29.0. The van der Waals surface area contributed by atoms with Gasteiger partial charge in [0, 0.05) is 26.2 Å². The minimum absolute atomic E-state index is 0.128. The van der Waals surface area contributed by atoms with Crippen molar-refractivity contribution in [3.05, 3.63) is 53.6 Å². The number of thiocarbonyl (C=S) groups is 1. The molecule has 1 saturated heterocycles. The lowest BCUT2D eigenvalue weighted by molar-refractivity contribution is -0.121. The van der Waals surface area contributed by atoms with Crippen LogP contribution in [0.5, 0.6) is 5.75 Å². The number of carbonyl (C=O) groups excluding carboxylic acids is 2. The van der Waals surface area contributed by atoms with Crippen molar-refractivity contribution in [2.75, 3.05) is 56.7 Å². The van der Waals surface area contributed by atoms with E-state index < -0.39 is 5.97 Å². The first-order valence-electron chi connectivity index (χ1n) is 10.9. The van der Waals surface area contributed by atoms with Crippen molar-refractivity contribution in [1.82, 2.24) is 10.2 Å². The summed E-state index contributed by atoms with van der Waals surface area (Å²) in [6, 6.07) is 12.8. The lowest BCUT2D eigenvalue weighted by atomic mass is 10.1. The third-order valence-corrected chi connectivity index (χ3v) is 5.64. The molecule has 9 heteroatoms. The molecule has 1 heterocycles. The van der Waals surface area contributed by atoms with Gasteiger partial charge in [-0.15, -0.1) is 0 Å². The summed E-state index contributed by atoms with van der Waals surface area (Å²) >= 11 is 5.36. The third-order valence-electron chi connectivity index (χ3n) is 5.44. The molecule has 1 aliphatic rings. The number of aryl methyl sites for hydroxylation is 1. The van der Waals surface area contributed by atoms with Crippen LogP contribution in [-0.2, 0) is 9.53 Å². The predicted octanol–water partition coefficient (Wildman–Crippen LogP) is 2.82. The monoisotopic (exact) mass is 470 g/mol. The van der Waals surface area contributed by atoms with Crippen molar-refractivity contribution in [2.24, 2.45) is 0 Å². The largest absolute Gasteiger partial charge is 0.484 e. The number of methoxy groups -OCH3 is 1. The van der Waals surface area contributed by atoms with Crippen LogP contribution in [0.25, 0.3) is 0 Å². The molecule has 0 unspecified atom stereocenters. The number of likely N-dealkylation sites (N-methyl/N-ethyl adjacent to an activating group) is 1. The molecule has 1 fully saturated rings. The maximum atomic E-state index is 12.3. The Morgan fingerprint density at radius 2 is 1.85 bits per heavy atom. The number of ether oxygens (including phenoxy) is 2. The van der Waals surface area contributed by atoms with E-state index in [1.54, 1.807) is 18.2 Å². The van der Waals surface area contributed by atoms with Crippen molar-refractivity contribution in [2.45, 2.75) is 13.8 Å². The molecule has 2 aromatic carbocycles. The van der Waals surface area contributed by atoms with Crippen LogP contribution in [0.4, 0.5) is 11.4 Å². The van der Waals surface area contributed by atoms with Crippen LogP contribution in [-0.4, -0.2) is 68.3 Å². The molecule has 0 radical (unpaired) electrons. The van der Waals surface area contributed by atoms with Crippen LogP contribution in [0.1, 0.15) is 22.8 Å². The van der Waals surface area contributed by atoms with Gasteiger partial charge < -0.3 is 24.6 Å². The number of esters is 1. The van der Waals surface area contributed by atoms with E-state index in [9.17, 15) is 9.59 Å². The van der Waals surface area contributed by atoms with E-state index in [-0.39, 0.29) is 17.6 Å². The summed E-state index contributed by atoms with van der Waals surface area (Å²) in [6.45, 7) is 8.55. The molecule has 1 aliphatic heterocycles. The van der Waals surface area contributed by atoms with E-state index in [2.05, 4.69) is 27.4 Å². The van der Waals surface area contributed by atoms with Crippen LogP contribution in [0, 0.1) is 6.92 Å². The number of carbonyl (C=O) groups is 2. The highest BCUT2D eigenvalue weighted by Crippen LogP contribution is 2.28. The predicted molar refractivity (Wildman–Crippen MR) is 133 cm³/mol. The average Bonchev–Trinajstić information content (AvgIpc) is 2.82. The lowest BCUT2D eigenvalue weighted by Gasteiger charge is -2.36. The minimum Gasteiger partial charge on any atom is -0.484 e. The zero-order valence-corrected chi connectivity index (χ0v) is 20.0. The van der Waals surface area contributed by atoms with Crippen LogP contribution in [0.2, 0.25) is 0 Å². The third kappa shape index (κ3) is 6.90. The van der Waals surface area contributed by atoms with Gasteiger partial charge in [0.1, 0.15) is 5.75 Å². The standard InChI is InChI=1S/C24H30N4O4S/c1-4-27-10-12-28(13-11-27)21-9-8-18(23(30)31-3)15-20(21)25-24(33)26-22(29)16-32-19-7-5-6-17(2)14-19/h5-9,14-15H,4,10-13,16H2,1-3H3,(H2,25,26,29,33). The topological polar surface area (TPSA) is 83.1 Å². The normalized spacial score (nSPS) is 13.8. The van der Waals surface area contributed by atoms with Crippen LogP contribution in [0.15, 0.2) is 42.5 Å². The van der Waals surface area contributed by atoms with E-state index in [0.717, 1.165) is 44.0 Å². The zero-order valence-electron chi connectivity index (χ0n) is 19.2. The number of benzene rings is 2. The molecule has 0 atom stereocenters. The van der Waals surface area contributed by atoms with E-state index in [0.29, 0.717) is 17.0 Å². The first-order chi connectivity index (χ1) is 15.9. The van der Waals surface area contributed by atoms with Crippen molar-refractivity contribution in [1.29, 1.82) is 0 Å². The number of amides is 1. The van der Waals surface area contributed by atoms with E-state index >= 15 is 0 Å². The van der Waals surface area contributed by atoms with Gasteiger partial charge in [0.15, 0.2) is 11.7 Å². The summed E-state index contributed by atoms with van der Waals surface area (Å²) in [7, 11) is 1.34. The molecule has 1 amide bonds. The molecule has 2 aromatic rings. The molecule has 33 heavy (non-hydrogen) atoms. The molecule has 0 spiro atoms. The van der Waals surface area contributed by atoms with Gasteiger partial charge in [0.2, 0.25) is 0 Å². The summed E-state index contributed by atoms with van der Waals surface area (Å²) in [5.74, 6) is -0.207. The summed E-state index contributed by atoms with van der Waals surface area (Å²) in [5.41, 5.74) is 2.98. The number of hydrogen-bond acceptors (Lipinski definition) is 7. The Morgan fingerprint density at radius 1 is 1.09 bits per heavy atom. The molecular weight excluding hydrogens is 440 g/mol. The summed E-state index contributed by atoms with van der Waals surface area (Å²) in [5, 5.41) is 5.84. The average molecular weight is 471 g/mol. The first-order valence-corrected chi connectivity index (χ1v) is 11.3. The Hall–Kier alpha value is -3.17. The van der Waals surface area contributed by atoms with E-state index in [4.69, 9.17) is 21.7 Å². The highest BCUT2D eigenvalue weighted by molar-refractivity contribution is 7.80.